The highest BCUT2D eigenvalue weighted by Gasteiger charge is 2.23. The molecular formula is C19H27N3O2. The minimum Gasteiger partial charge on any atom is -0.489 e. The van der Waals surface area contributed by atoms with Gasteiger partial charge in [-0.1, -0.05) is 25.1 Å². The predicted octanol–water partition coefficient (Wildman–Crippen LogP) is 3.06. The van der Waals surface area contributed by atoms with Gasteiger partial charge >= 0.3 is 0 Å². The Morgan fingerprint density at radius 1 is 1.42 bits per heavy atom. The molecule has 24 heavy (non-hydrogen) atoms. The predicted molar refractivity (Wildman–Crippen MR) is 96.8 cm³/mol. The lowest BCUT2D eigenvalue weighted by Crippen LogP contribution is -2.38. The number of benzene rings is 1. The molecule has 1 aromatic heterocycles. The number of fused-ring (bicyclic) bond motifs is 2. The van der Waals surface area contributed by atoms with Gasteiger partial charge in [0.15, 0.2) is 0 Å². The van der Waals surface area contributed by atoms with Gasteiger partial charge in [0.2, 0.25) is 0 Å². The number of aliphatic hydroxyl groups is 1. The van der Waals surface area contributed by atoms with E-state index in [0.29, 0.717) is 0 Å². The normalized spacial score (nSPS) is 12.7. The molecule has 1 aromatic carbocycles. The second-order valence-electron chi connectivity index (χ2n) is 6.08. The maximum atomic E-state index is 7.76. The largest absolute Gasteiger partial charge is 0.489 e. The number of aromatic nitrogens is 2. The van der Waals surface area contributed by atoms with Crippen LogP contribution in [0.2, 0.25) is 0 Å². The highest BCUT2D eigenvalue weighted by Crippen LogP contribution is 2.22. The summed E-state index contributed by atoms with van der Waals surface area (Å²) in [5, 5.41) is 7.76. The summed E-state index contributed by atoms with van der Waals surface area (Å²) in [6, 6.07) is 8.10. The molecule has 2 heterocycles. The van der Waals surface area contributed by atoms with Crippen molar-refractivity contribution < 1.29 is 9.84 Å². The zero-order valence-corrected chi connectivity index (χ0v) is 14.6. The molecule has 1 atom stereocenters. The molecule has 0 saturated carbocycles. The average molecular weight is 329 g/mol. The van der Waals surface area contributed by atoms with Crippen molar-refractivity contribution in [1.82, 2.24) is 9.97 Å². The summed E-state index contributed by atoms with van der Waals surface area (Å²) in [7, 11) is 0. The molecular weight excluding hydrogens is 302 g/mol. The Kier molecular flexibility index (Phi) is 8.09. The van der Waals surface area contributed by atoms with Crippen LogP contribution < -0.4 is 10.5 Å². The minimum absolute atomic E-state index is 0.0833. The molecule has 0 saturated heterocycles. The van der Waals surface area contributed by atoms with E-state index in [9.17, 15) is 0 Å². The molecule has 1 aliphatic heterocycles. The van der Waals surface area contributed by atoms with Crippen molar-refractivity contribution in [2.24, 2.45) is 5.73 Å². The summed E-state index contributed by atoms with van der Waals surface area (Å²) in [5.74, 6) is 1.23. The number of ether oxygens (including phenoxy) is 1. The van der Waals surface area contributed by atoms with Crippen LogP contribution >= 0.6 is 0 Å². The first kappa shape index (κ1) is 19.8. The Bertz CT molecular complexity index is 590. The zero-order valence-electron chi connectivity index (χ0n) is 14.6. The van der Waals surface area contributed by atoms with Gasteiger partial charge in [0.05, 0.1) is 12.3 Å². The molecule has 1 unspecified atom stereocenters. The summed E-state index contributed by atoms with van der Waals surface area (Å²) >= 11 is 0. The van der Waals surface area contributed by atoms with E-state index in [1.807, 2.05) is 26.0 Å². The van der Waals surface area contributed by atoms with Crippen LogP contribution in [0.25, 0.3) is 0 Å². The van der Waals surface area contributed by atoms with Crippen LogP contribution in [-0.2, 0) is 6.61 Å². The lowest BCUT2D eigenvalue weighted by Gasteiger charge is -2.26. The summed E-state index contributed by atoms with van der Waals surface area (Å²) in [5.41, 5.74) is 7.93. The minimum atomic E-state index is -0.240. The van der Waals surface area contributed by atoms with Gasteiger partial charge in [0.1, 0.15) is 12.4 Å². The molecule has 0 spiro atoms. The number of nitrogens with zero attached hydrogens (tertiary/aromatic N) is 2. The van der Waals surface area contributed by atoms with Crippen molar-refractivity contribution in [3.8, 4) is 5.75 Å². The Morgan fingerprint density at radius 2 is 2.12 bits per heavy atom. The van der Waals surface area contributed by atoms with Gasteiger partial charge in [-0.15, -0.1) is 6.58 Å². The molecule has 0 fully saturated rings. The maximum absolute atomic E-state index is 7.76. The van der Waals surface area contributed by atoms with Crippen molar-refractivity contribution in [3.63, 3.8) is 0 Å². The molecule has 3 rings (SSSR count). The fourth-order valence-corrected chi connectivity index (χ4v) is 1.81. The van der Waals surface area contributed by atoms with Crippen LogP contribution in [0, 0.1) is 0 Å². The smallest absolute Gasteiger partial charge is 0.120 e. The van der Waals surface area contributed by atoms with Crippen LogP contribution in [0.1, 0.15) is 37.9 Å². The number of hydrogen-bond donors (Lipinski definition) is 2. The highest BCUT2D eigenvalue weighted by atomic mass is 16.5. The summed E-state index contributed by atoms with van der Waals surface area (Å²) in [6.07, 6.45) is 6.55. The molecule has 3 N–H and O–H groups in total. The number of rotatable bonds is 3. The summed E-state index contributed by atoms with van der Waals surface area (Å²) in [6.45, 7) is 10.1. The third-order valence-electron chi connectivity index (χ3n) is 3.58. The molecule has 2 bridgehead atoms. The highest BCUT2D eigenvalue weighted by molar-refractivity contribution is 5.32. The van der Waals surface area contributed by atoms with Gasteiger partial charge in [-0.3, -0.25) is 9.97 Å². The number of nitrogens with two attached hydrogens (primary N) is 1. The third kappa shape index (κ3) is 6.89. The van der Waals surface area contributed by atoms with E-state index in [1.54, 1.807) is 18.6 Å². The Morgan fingerprint density at radius 3 is 2.58 bits per heavy atom. The topological polar surface area (TPSA) is 81.3 Å². The molecule has 130 valence electrons. The molecule has 0 radical (unpaired) electrons. The fourth-order valence-electron chi connectivity index (χ4n) is 1.81. The van der Waals surface area contributed by atoms with E-state index < -0.39 is 0 Å². The van der Waals surface area contributed by atoms with Crippen molar-refractivity contribution >= 4 is 0 Å². The SMILES string of the molecule is C=CCO.CC(c1cnccn1)C(C)(C)N.c1cc2cc(c1)OC2. The molecule has 1 aliphatic rings. The first-order chi connectivity index (χ1) is 11.4. The van der Waals surface area contributed by atoms with E-state index in [0.717, 1.165) is 18.1 Å². The first-order valence-corrected chi connectivity index (χ1v) is 7.86. The monoisotopic (exact) mass is 329 g/mol. The summed E-state index contributed by atoms with van der Waals surface area (Å²) in [4.78, 5) is 8.20. The summed E-state index contributed by atoms with van der Waals surface area (Å²) < 4.78 is 5.18. The maximum Gasteiger partial charge on any atom is 0.120 e. The van der Waals surface area contributed by atoms with Crippen molar-refractivity contribution in [1.29, 1.82) is 0 Å². The zero-order chi connectivity index (χ0) is 18.0. The fraction of sp³-hybridized carbons (Fsp3) is 0.368. The van der Waals surface area contributed by atoms with Crippen LogP contribution in [-0.4, -0.2) is 27.2 Å². The lowest BCUT2D eigenvalue weighted by atomic mass is 9.88. The van der Waals surface area contributed by atoms with E-state index in [4.69, 9.17) is 15.6 Å². The van der Waals surface area contributed by atoms with Gasteiger partial charge in [0.25, 0.3) is 0 Å². The molecule has 5 heteroatoms. The second kappa shape index (κ2) is 9.80. The third-order valence-corrected chi connectivity index (χ3v) is 3.58. The van der Waals surface area contributed by atoms with E-state index in [1.165, 1.54) is 11.6 Å². The van der Waals surface area contributed by atoms with Crippen LogP contribution in [0.5, 0.6) is 5.75 Å². The number of hydrogen-bond acceptors (Lipinski definition) is 5. The Balaban J connectivity index is 0.000000205. The lowest BCUT2D eigenvalue weighted by molar-refractivity contribution is 0.328. The van der Waals surface area contributed by atoms with Crippen LogP contribution in [0.3, 0.4) is 0 Å². The van der Waals surface area contributed by atoms with Crippen LogP contribution in [0.15, 0.2) is 55.5 Å². The van der Waals surface area contributed by atoms with E-state index in [2.05, 4.69) is 35.6 Å². The molecule has 0 amide bonds. The van der Waals surface area contributed by atoms with Gasteiger partial charge in [-0.2, -0.15) is 0 Å². The van der Waals surface area contributed by atoms with Gasteiger partial charge in [-0.05, 0) is 31.5 Å². The standard InChI is InChI=1S/C9H15N3.C7H6O.C3H6O/c1-7(9(2,3)10)8-6-11-4-5-12-8;1-2-6-4-7(3-1)8-5-6;1-2-3-4/h4-7H,10H2,1-3H3;1-4H,5H2;2,4H,1,3H2. The van der Waals surface area contributed by atoms with Gasteiger partial charge in [0, 0.05) is 30.0 Å². The van der Waals surface area contributed by atoms with E-state index >= 15 is 0 Å². The van der Waals surface area contributed by atoms with Gasteiger partial charge in [-0.25, -0.2) is 0 Å². The van der Waals surface area contributed by atoms with Crippen molar-refractivity contribution in [2.45, 2.75) is 38.8 Å². The van der Waals surface area contributed by atoms with E-state index in [-0.39, 0.29) is 18.1 Å². The second-order valence-corrected chi connectivity index (χ2v) is 6.08. The average Bonchev–Trinajstić information content (AvgIpc) is 2.92. The molecule has 0 aliphatic carbocycles. The Labute approximate surface area is 144 Å². The van der Waals surface area contributed by atoms with Crippen molar-refractivity contribution in [2.75, 3.05) is 6.61 Å². The number of aliphatic hydroxyl groups excluding tert-OH is 1. The molecule has 5 nitrogen and oxygen atoms in total. The Hall–Kier alpha value is -2.24. The quantitative estimate of drug-likeness (QED) is 0.846. The van der Waals surface area contributed by atoms with Crippen molar-refractivity contribution in [3.05, 3.63) is 66.8 Å². The van der Waals surface area contributed by atoms with Gasteiger partial charge < -0.3 is 15.6 Å². The first-order valence-electron chi connectivity index (χ1n) is 7.86. The van der Waals surface area contributed by atoms with Crippen LogP contribution in [0.4, 0.5) is 0 Å². The molecule has 2 aromatic rings.